The van der Waals surface area contributed by atoms with Crippen molar-refractivity contribution in [3.05, 3.63) is 59.1 Å². The van der Waals surface area contributed by atoms with Crippen molar-refractivity contribution < 1.29 is 14.3 Å². The van der Waals surface area contributed by atoms with Crippen molar-refractivity contribution in [2.45, 2.75) is 37.2 Å². The monoisotopic (exact) mass is 434 g/mol. The second-order valence-corrected chi connectivity index (χ2v) is 8.17. The summed E-state index contributed by atoms with van der Waals surface area (Å²) in [6.45, 7) is 2.13. The van der Waals surface area contributed by atoms with Gasteiger partial charge in [-0.25, -0.2) is 0 Å². The van der Waals surface area contributed by atoms with Crippen LogP contribution in [0.5, 0.6) is 5.75 Å². The first kappa shape index (κ1) is 23.1. The minimum Gasteiger partial charge on any atom is -0.497 e. The van der Waals surface area contributed by atoms with Gasteiger partial charge in [0.2, 0.25) is 11.8 Å². The van der Waals surface area contributed by atoms with E-state index in [0.29, 0.717) is 18.0 Å². The maximum atomic E-state index is 12.9. The second-order valence-electron chi connectivity index (χ2n) is 6.57. The van der Waals surface area contributed by atoms with Crippen LogP contribution in [0.3, 0.4) is 0 Å². The average molecular weight is 435 g/mol. The number of carbonyl (C=O) groups excluding carboxylic acids is 2. The lowest BCUT2D eigenvalue weighted by Crippen LogP contribution is -2.46. The van der Waals surface area contributed by atoms with E-state index in [1.165, 1.54) is 0 Å². The molecule has 0 aliphatic carbocycles. The van der Waals surface area contributed by atoms with Gasteiger partial charge in [0.15, 0.2) is 0 Å². The number of carbonyl (C=O) groups is 2. The SMILES string of the molecule is CNC(=O)C(C)N(Cc1ccc(OC)cc1)C(=O)CCCSc1ccc(Cl)cc1. The number of nitrogens with one attached hydrogen (secondary N) is 1. The van der Waals surface area contributed by atoms with Crippen LogP contribution in [-0.4, -0.2) is 42.7 Å². The van der Waals surface area contributed by atoms with Crippen molar-refractivity contribution in [1.29, 1.82) is 0 Å². The molecule has 0 bridgehead atoms. The molecule has 0 aliphatic heterocycles. The molecule has 0 heterocycles. The number of rotatable bonds is 10. The van der Waals surface area contributed by atoms with Gasteiger partial charge in [-0.1, -0.05) is 23.7 Å². The molecule has 2 aromatic carbocycles. The minimum absolute atomic E-state index is 0.0337. The predicted octanol–water partition coefficient (Wildman–Crippen LogP) is 4.38. The molecule has 1 unspecified atom stereocenters. The zero-order valence-corrected chi connectivity index (χ0v) is 18.6. The van der Waals surface area contributed by atoms with Crippen LogP contribution in [0.4, 0.5) is 0 Å². The Labute approximate surface area is 181 Å². The highest BCUT2D eigenvalue weighted by Crippen LogP contribution is 2.22. The lowest BCUT2D eigenvalue weighted by atomic mass is 10.1. The predicted molar refractivity (Wildman–Crippen MR) is 118 cm³/mol. The quantitative estimate of drug-likeness (QED) is 0.445. The van der Waals surface area contributed by atoms with E-state index < -0.39 is 6.04 Å². The lowest BCUT2D eigenvalue weighted by molar-refractivity contribution is -0.140. The summed E-state index contributed by atoms with van der Waals surface area (Å²) in [7, 11) is 3.19. The van der Waals surface area contributed by atoms with E-state index in [2.05, 4.69) is 5.32 Å². The van der Waals surface area contributed by atoms with Gasteiger partial charge in [0, 0.05) is 29.9 Å². The van der Waals surface area contributed by atoms with E-state index in [0.717, 1.165) is 28.4 Å². The highest BCUT2D eigenvalue weighted by atomic mass is 35.5. The number of ether oxygens (including phenoxy) is 1. The Kier molecular flexibility index (Phi) is 9.35. The Morgan fingerprint density at radius 3 is 2.38 bits per heavy atom. The molecule has 0 aliphatic rings. The maximum absolute atomic E-state index is 12.9. The molecule has 2 amide bonds. The highest BCUT2D eigenvalue weighted by molar-refractivity contribution is 7.99. The standard InChI is InChI=1S/C22H27ClN2O3S/c1-16(22(27)24-2)25(15-17-6-10-19(28-3)11-7-17)21(26)5-4-14-29-20-12-8-18(23)9-13-20/h6-13,16H,4-5,14-15H2,1-3H3,(H,24,27). The number of halogens is 1. The van der Waals surface area contributed by atoms with Gasteiger partial charge < -0.3 is 15.0 Å². The Morgan fingerprint density at radius 1 is 1.14 bits per heavy atom. The van der Waals surface area contributed by atoms with Gasteiger partial charge in [-0.2, -0.15) is 0 Å². The molecule has 0 saturated heterocycles. The van der Waals surface area contributed by atoms with Crippen molar-refractivity contribution in [3.8, 4) is 5.75 Å². The van der Waals surface area contributed by atoms with Gasteiger partial charge >= 0.3 is 0 Å². The van der Waals surface area contributed by atoms with E-state index in [1.54, 1.807) is 37.7 Å². The number of benzene rings is 2. The molecule has 5 nitrogen and oxygen atoms in total. The van der Waals surface area contributed by atoms with Crippen LogP contribution in [0.2, 0.25) is 5.02 Å². The van der Waals surface area contributed by atoms with E-state index >= 15 is 0 Å². The first-order valence-electron chi connectivity index (χ1n) is 9.47. The summed E-state index contributed by atoms with van der Waals surface area (Å²) in [4.78, 5) is 27.8. The van der Waals surface area contributed by atoms with Crippen LogP contribution in [0, 0.1) is 0 Å². The first-order valence-corrected chi connectivity index (χ1v) is 10.8. The average Bonchev–Trinajstić information content (AvgIpc) is 2.75. The third-order valence-electron chi connectivity index (χ3n) is 4.54. The molecule has 0 saturated carbocycles. The highest BCUT2D eigenvalue weighted by Gasteiger charge is 2.25. The Balaban J connectivity index is 1.95. The second kappa shape index (κ2) is 11.7. The summed E-state index contributed by atoms with van der Waals surface area (Å²) >= 11 is 7.59. The van der Waals surface area contributed by atoms with Gasteiger partial charge in [-0.05, 0) is 61.1 Å². The van der Waals surface area contributed by atoms with Gasteiger partial charge in [-0.15, -0.1) is 11.8 Å². The van der Waals surface area contributed by atoms with E-state index in [-0.39, 0.29) is 11.8 Å². The number of methoxy groups -OCH3 is 1. The molecule has 7 heteroatoms. The molecule has 0 radical (unpaired) electrons. The van der Waals surface area contributed by atoms with Crippen molar-refractivity contribution in [2.24, 2.45) is 0 Å². The summed E-state index contributed by atoms with van der Waals surface area (Å²) in [6, 6.07) is 14.6. The third-order valence-corrected chi connectivity index (χ3v) is 5.89. The molecule has 156 valence electrons. The fourth-order valence-electron chi connectivity index (χ4n) is 2.81. The number of nitrogens with zero attached hydrogens (tertiary/aromatic N) is 1. The molecule has 2 rings (SSSR count). The summed E-state index contributed by atoms with van der Waals surface area (Å²) in [6.07, 6.45) is 1.11. The van der Waals surface area contributed by atoms with Crippen molar-refractivity contribution in [1.82, 2.24) is 10.2 Å². The molecule has 29 heavy (non-hydrogen) atoms. The molecule has 0 fully saturated rings. The number of hydrogen-bond donors (Lipinski definition) is 1. The number of amides is 2. The number of hydrogen-bond acceptors (Lipinski definition) is 4. The molecule has 1 N–H and O–H groups in total. The molecular weight excluding hydrogens is 408 g/mol. The molecule has 1 atom stereocenters. The summed E-state index contributed by atoms with van der Waals surface area (Å²) in [5, 5.41) is 3.34. The van der Waals surface area contributed by atoms with E-state index in [4.69, 9.17) is 16.3 Å². The maximum Gasteiger partial charge on any atom is 0.242 e. The molecular formula is C22H27ClN2O3S. The van der Waals surface area contributed by atoms with Gasteiger partial charge in [-0.3, -0.25) is 9.59 Å². The fourth-order valence-corrected chi connectivity index (χ4v) is 3.79. The van der Waals surface area contributed by atoms with Crippen molar-refractivity contribution in [2.75, 3.05) is 19.9 Å². The fraction of sp³-hybridized carbons (Fsp3) is 0.364. The molecule has 2 aromatic rings. The number of likely N-dealkylation sites (N-methyl/N-ethyl adjacent to an activating group) is 1. The summed E-state index contributed by atoms with van der Waals surface area (Å²) in [5.74, 6) is 1.36. The lowest BCUT2D eigenvalue weighted by Gasteiger charge is -2.28. The molecule has 0 aromatic heterocycles. The zero-order valence-electron chi connectivity index (χ0n) is 17.0. The van der Waals surface area contributed by atoms with Crippen LogP contribution >= 0.6 is 23.4 Å². The van der Waals surface area contributed by atoms with Crippen molar-refractivity contribution >= 4 is 35.2 Å². The Hall–Kier alpha value is -2.18. The molecule has 0 spiro atoms. The topological polar surface area (TPSA) is 58.6 Å². The van der Waals surface area contributed by atoms with Crippen LogP contribution < -0.4 is 10.1 Å². The van der Waals surface area contributed by atoms with Gasteiger partial charge in [0.25, 0.3) is 0 Å². The van der Waals surface area contributed by atoms with E-state index in [1.807, 2.05) is 48.5 Å². The zero-order chi connectivity index (χ0) is 21.2. The summed E-state index contributed by atoms with van der Waals surface area (Å²) < 4.78 is 5.18. The Bertz CT molecular complexity index is 797. The van der Waals surface area contributed by atoms with Crippen LogP contribution in [0.1, 0.15) is 25.3 Å². The van der Waals surface area contributed by atoms with Crippen LogP contribution in [-0.2, 0) is 16.1 Å². The third kappa shape index (κ3) is 7.29. The van der Waals surface area contributed by atoms with Crippen LogP contribution in [0.25, 0.3) is 0 Å². The minimum atomic E-state index is -0.543. The first-order chi connectivity index (χ1) is 13.9. The van der Waals surface area contributed by atoms with Gasteiger partial charge in [0.1, 0.15) is 11.8 Å². The largest absolute Gasteiger partial charge is 0.497 e. The number of thioether (sulfide) groups is 1. The van der Waals surface area contributed by atoms with E-state index in [9.17, 15) is 9.59 Å². The smallest absolute Gasteiger partial charge is 0.242 e. The van der Waals surface area contributed by atoms with Gasteiger partial charge in [0.05, 0.1) is 7.11 Å². The summed E-state index contributed by atoms with van der Waals surface area (Å²) in [5.41, 5.74) is 0.949. The normalized spacial score (nSPS) is 11.6. The van der Waals surface area contributed by atoms with Crippen LogP contribution in [0.15, 0.2) is 53.4 Å². The Morgan fingerprint density at radius 2 is 1.79 bits per heavy atom. The van der Waals surface area contributed by atoms with Crippen molar-refractivity contribution in [3.63, 3.8) is 0 Å².